The Morgan fingerprint density at radius 3 is 2.33 bits per heavy atom. The van der Waals surface area contributed by atoms with E-state index in [1.807, 2.05) is 24.3 Å². The molecule has 4 nitrogen and oxygen atoms in total. The average molecular weight is 390 g/mol. The van der Waals surface area contributed by atoms with Crippen molar-refractivity contribution in [3.8, 4) is 0 Å². The van der Waals surface area contributed by atoms with Gasteiger partial charge in [0, 0.05) is 41.9 Å². The highest BCUT2D eigenvalue weighted by Crippen LogP contribution is 2.21. The molecule has 1 amide bonds. The zero-order valence-electron chi connectivity index (χ0n) is 14.2. The van der Waals surface area contributed by atoms with Gasteiger partial charge in [-0.15, -0.1) is 0 Å². The molecule has 0 unspecified atom stereocenters. The van der Waals surface area contributed by atoms with Crippen molar-refractivity contribution in [1.29, 1.82) is 0 Å². The Balaban J connectivity index is 1.79. The highest BCUT2D eigenvalue weighted by atomic mass is 79.9. The van der Waals surface area contributed by atoms with Crippen LogP contribution in [-0.2, 0) is 4.79 Å². The first-order valence-electron chi connectivity index (χ1n) is 8.27. The molecule has 0 aromatic heterocycles. The number of carbonyl (C=O) groups is 1. The Hall–Kier alpha value is -2.01. The molecule has 5 heteroatoms. The van der Waals surface area contributed by atoms with Crippen LogP contribution in [0.4, 0.5) is 17.1 Å². The molecular formula is C19H24BrN3O. The monoisotopic (exact) mass is 389 g/mol. The lowest BCUT2D eigenvalue weighted by atomic mass is 10.2. The molecule has 0 aliphatic rings. The van der Waals surface area contributed by atoms with E-state index < -0.39 is 0 Å². The van der Waals surface area contributed by atoms with Crippen LogP contribution in [0, 0.1) is 0 Å². The van der Waals surface area contributed by atoms with Crippen molar-refractivity contribution >= 4 is 38.9 Å². The highest BCUT2D eigenvalue weighted by Gasteiger charge is 2.05. The Kier molecular flexibility index (Phi) is 7.12. The van der Waals surface area contributed by atoms with Gasteiger partial charge in [-0.05, 0) is 66.2 Å². The largest absolute Gasteiger partial charge is 0.385 e. The van der Waals surface area contributed by atoms with Gasteiger partial charge in [0.05, 0.1) is 5.69 Å². The van der Waals surface area contributed by atoms with Gasteiger partial charge < -0.3 is 15.5 Å². The molecule has 0 saturated heterocycles. The molecule has 0 atom stereocenters. The van der Waals surface area contributed by atoms with Gasteiger partial charge >= 0.3 is 0 Å². The molecule has 0 heterocycles. The Bertz CT molecular complexity index is 654. The molecule has 0 bridgehead atoms. The van der Waals surface area contributed by atoms with E-state index >= 15 is 0 Å². The van der Waals surface area contributed by atoms with Crippen LogP contribution in [0.2, 0.25) is 0 Å². The van der Waals surface area contributed by atoms with Gasteiger partial charge in [-0.2, -0.15) is 0 Å². The number of halogens is 1. The quantitative estimate of drug-likeness (QED) is 0.685. The molecule has 24 heavy (non-hydrogen) atoms. The van der Waals surface area contributed by atoms with E-state index in [-0.39, 0.29) is 5.91 Å². The summed E-state index contributed by atoms with van der Waals surface area (Å²) in [5, 5.41) is 6.19. The first kappa shape index (κ1) is 18.3. The zero-order chi connectivity index (χ0) is 17.4. The lowest BCUT2D eigenvalue weighted by Crippen LogP contribution is -2.21. The van der Waals surface area contributed by atoms with Crippen LogP contribution >= 0.6 is 15.9 Å². The van der Waals surface area contributed by atoms with E-state index in [0.29, 0.717) is 13.0 Å². The van der Waals surface area contributed by atoms with Crippen molar-refractivity contribution in [3.05, 3.63) is 53.0 Å². The van der Waals surface area contributed by atoms with E-state index in [0.717, 1.165) is 28.9 Å². The summed E-state index contributed by atoms with van der Waals surface area (Å²) in [5.74, 6) is -0.00541. The van der Waals surface area contributed by atoms with Crippen LogP contribution in [0.15, 0.2) is 53.0 Å². The molecule has 0 saturated carbocycles. The Morgan fingerprint density at radius 1 is 1.04 bits per heavy atom. The van der Waals surface area contributed by atoms with Crippen LogP contribution in [0.5, 0.6) is 0 Å². The maximum absolute atomic E-state index is 12.0. The molecule has 128 valence electrons. The van der Waals surface area contributed by atoms with Crippen LogP contribution in [-0.4, -0.2) is 25.5 Å². The number of rotatable bonds is 8. The highest BCUT2D eigenvalue weighted by molar-refractivity contribution is 9.10. The van der Waals surface area contributed by atoms with Gasteiger partial charge in [-0.3, -0.25) is 4.79 Å². The van der Waals surface area contributed by atoms with Crippen LogP contribution in [0.25, 0.3) is 0 Å². The molecular weight excluding hydrogens is 366 g/mol. The van der Waals surface area contributed by atoms with Crippen LogP contribution < -0.4 is 15.5 Å². The first-order chi connectivity index (χ1) is 11.6. The standard InChI is InChI=1S/C19H24BrN3O/c1-3-23(4-2)16-11-9-15(10-12-16)21-14-13-19(24)22-18-8-6-5-7-17(18)20/h5-12,21H,3-4,13-14H2,1-2H3,(H,22,24). The molecule has 2 aromatic rings. The second-order valence-electron chi connectivity index (χ2n) is 5.42. The van der Waals surface area contributed by atoms with Crippen molar-refractivity contribution in [3.63, 3.8) is 0 Å². The molecule has 0 spiro atoms. The minimum atomic E-state index is -0.00541. The summed E-state index contributed by atoms with van der Waals surface area (Å²) >= 11 is 3.43. The van der Waals surface area contributed by atoms with Gasteiger partial charge in [-0.25, -0.2) is 0 Å². The summed E-state index contributed by atoms with van der Waals surface area (Å²) in [6.45, 7) is 6.90. The molecule has 2 rings (SSSR count). The summed E-state index contributed by atoms with van der Waals surface area (Å²) in [5.41, 5.74) is 3.04. The second kappa shape index (κ2) is 9.33. The minimum Gasteiger partial charge on any atom is -0.385 e. The molecule has 0 radical (unpaired) electrons. The summed E-state index contributed by atoms with van der Waals surface area (Å²) in [6.07, 6.45) is 0.416. The van der Waals surface area contributed by atoms with Crippen molar-refractivity contribution in [2.24, 2.45) is 0 Å². The number of amides is 1. The van der Waals surface area contributed by atoms with Gasteiger partial charge in [-0.1, -0.05) is 12.1 Å². The van der Waals surface area contributed by atoms with Crippen molar-refractivity contribution < 1.29 is 4.79 Å². The predicted octanol–water partition coefficient (Wildman–Crippen LogP) is 4.74. The van der Waals surface area contributed by atoms with Crippen molar-refractivity contribution in [1.82, 2.24) is 0 Å². The van der Waals surface area contributed by atoms with Gasteiger partial charge in [0.2, 0.25) is 5.91 Å². The van der Waals surface area contributed by atoms with Gasteiger partial charge in [0.25, 0.3) is 0 Å². The average Bonchev–Trinajstić information content (AvgIpc) is 2.59. The summed E-state index contributed by atoms with van der Waals surface area (Å²) < 4.78 is 0.887. The lowest BCUT2D eigenvalue weighted by Gasteiger charge is -2.21. The minimum absolute atomic E-state index is 0.00541. The third-order valence-electron chi connectivity index (χ3n) is 3.83. The second-order valence-corrected chi connectivity index (χ2v) is 6.28. The number of nitrogens with one attached hydrogen (secondary N) is 2. The molecule has 0 aliphatic carbocycles. The van der Waals surface area contributed by atoms with Crippen LogP contribution in [0.3, 0.4) is 0 Å². The fourth-order valence-electron chi connectivity index (χ4n) is 2.47. The third-order valence-corrected chi connectivity index (χ3v) is 4.52. The lowest BCUT2D eigenvalue weighted by molar-refractivity contribution is -0.115. The molecule has 0 fully saturated rings. The van der Waals surface area contributed by atoms with Crippen LogP contribution in [0.1, 0.15) is 20.3 Å². The molecule has 2 N–H and O–H groups in total. The third kappa shape index (κ3) is 5.27. The number of hydrogen-bond donors (Lipinski definition) is 2. The SMILES string of the molecule is CCN(CC)c1ccc(NCCC(=O)Nc2ccccc2Br)cc1. The number of anilines is 3. The number of nitrogens with zero attached hydrogens (tertiary/aromatic N) is 1. The van der Waals surface area contributed by atoms with E-state index in [1.165, 1.54) is 5.69 Å². The number of para-hydroxylation sites is 1. The first-order valence-corrected chi connectivity index (χ1v) is 9.06. The van der Waals surface area contributed by atoms with Gasteiger partial charge in [0.1, 0.15) is 0 Å². The Morgan fingerprint density at radius 2 is 1.71 bits per heavy atom. The maximum Gasteiger partial charge on any atom is 0.226 e. The Labute approximate surface area is 152 Å². The normalized spacial score (nSPS) is 10.3. The fourth-order valence-corrected chi connectivity index (χ4v) is 2.86. The predicted molar refractivity (Wildman–Crippen MR) is 106 cm³/mol. The van der Waals surface area contributed by atoms with Crippen molar-refractivity contribution in [2.45, 2.75) is 20.3 Å². The summed E-state index contributed by atoms with van der Waals surface area (Å²) in [7, 11) is 0. The summed E-state index contributed by atoms with van der Waals surface area (Å²) in [4.78, 5) is 14.3. The van der Waals surface area contributed by atoms with E-state index in [4.69, 9.17) is 0 Å². The summed E-state index contributed by atoms with van der Waals surface area (Å²) in [6, 6.07) is 15.9. The smallest absolute Gasteiger partial charge is 0.226 e. The zero-order valence-corrected chi connectivity index (χ0v) is 15.8. The molecule has 2 aromatic carbocycles. The topological polar surface area (TPSA) is 44.4 Å². The van der Waals surface area contributed by atoms with Gasteiger partial charge in [0.15, 0.2) is 0 Å². The number of benzene rings is 2. The molecule has 0 aliphatic heterocycles. The van der Waals surface area contributed by atoms with Crippen molar-refractivity contribution in [2.75, 3.05) is 35.2 Å². The maximum atomic E-state index is 12.0. The van der Waals surface area contributed by atoms with E-state index in [9.17, 15) is 4.79 Å². The fraction of sp³-hybridized carbons (Fsp3) is 0.316. The number of carbonyl (C=O) groups excluding carboxylic acids is 1. The van der Waals surface area contributed by atoms with E-state index in [1.54, 1.807) is 0 Å². The number of hydrogen-bond acceptors (Lipinski definition) is 3. The van der Waals surface area contributed by atoms with E-state index in [2.05, 4.69) is 69.6 Å².